The summed E-state index contributed by atoms with van der Waals surface area (Å²) in [6.07, 6.45) is 0. The number of rotatable bonds is 2. The van der Waals surface area contributed by atoms with Crippen molar-refractivity contribution in [2.75, 3.05) is 7.11 Å². The largest absolute Gasteiger partial charge is 0.399 e. The molecule has 0 amide bonds. The number of thiophene rings is 1. The molecule has 0 radical (unpaired) electrons. The van der Waals surface area contributed by atoms with Crippen molar-refractivity contribution in [1.29, 1.82) is 0 Å². The standard InChI is InChI=1S/C7H8ClNOS/c1-5(9-10-2)6-3-7(8)11-4-6/h3-4H,1-2H3/b9-5+. The van der Waals surface area contributed by atoms with Crippen molar-refractivity contribution in [3.8, 4) is 0 Å². The lowest BCUT2D eigenvalue weighted by atomic mass is 10.2. The summed E-state index contributed by atoms with van der Waals surface area (Å²) < 4.78 is 0.769. The van der Waals surface area contributed by atoms with Gasteiger partial charge in [0, 0.05) is 10.9 Å². The van der Waals surface area contributed by atoms with E-state index in [4.69, 9.17) is 11.6 Å². The second kappa shape index (κ2) is 3.74. The lowest BCUT2D eigenvalue weighted by molar-refractivity contribution is 0.213. The van der Waals surface area contributed by atoms with Crippen molar-refractivity contribution < 1.29 is 4.84 Å². The van der Waals surface area contributed by atoms with Gasteiger partial charge in [-0.05, 0) is 13.0 Å². The Morgan fingerprint density at radius 1 is 1.73 bits per heavy atom. The van der Waals surface area contributed by atoms with Crippen LogP contribution < -0.4 is 0 Å². The Morgan fingerprint density at radius 2 is 2.45 bits per heavy atom. The zero-order chi connectivity index (χ0) is 8.27. The monoisotopic (exact) mass is 189 g/mol. The van der Waals surface area contributed by atoms with Gasteiger partial charge in [-0.2, -0.15) is 0 Å². The summed E-state index contributed by atoms with van der Waals surface area (Å²) in [5.74, 6) is 0. The first-order chi connectivity index (χ1) is 5.24. The zero-order valence-electron chi connectivity index (χ0n) is 6.30. The van der Waals surface area contributed by atoms with Crippen molar-refractivity contribution in [2.45, 2.75) is 6.92 Å². The molecule has 0 atom stereocenters. The van der Waals surface area contributed by atoms with E-state index in [0.717, 1.165) is 15.6 Å². The van der Waals surface area contributed by atoms with Gasteiger partial charge in [0.1, 0.15) is 7.11 Å². The highest BCUT2D eigenvalue weighted by molar-refractivity contribution is 7.14. The van der Waals surface area contributed by atoms with E-state index < -0.39 is 0 Å². The molecule has 0 bridgehead atoms. The Bertz CT molecular complexity index is 269. The van der Waals surface area contributed by atoms with Crippen molar-refractivity contribution >= 4 is 28.6 Å². The van der Waals surface area contributed by atoms with Gasteiger partial charge in [0.15, 0.2) is 0 Å². The maximum Gasteiger partial charge on any atom is 0.106 e. The minimum atomic E-state index is 0.769. The second-order valence-corrected chi connectivity index (χ2v) is 3.54. The Morgan fingerprint density at radius 3 is 2.91 bits per heavy atom. The minimum absolute atomic E-state index is 0.769. The topological polar surface area (TPSA) is 21.6 Å². The number of nitrogens with zero attached hydrogens (tertiary/aromatic N) is 1. The fourth-order valence-corrected chi connectivity index (χ4v) is 1.61. The number of hydrogen-bond donors (Lipinski definition) is 0. The second-order valence-electron chi connectivity index (χ2n) is 2.00. The van der Waals surface area contributed by atoms with Crippen LogP contribution in [0.1, 0.15) is 12.5 Å². The average Bonchev–Trinajstić information content (AvgIpc) is 2.36. The molecular formula is C7H8ClNOS. The third kappa shape index (κ3) is 2.20. The van der Waals surface area contributed by atoms with Gasteiger partial charge in [-0.3, -0.25) is 0 Å². The molecule has 1 aromatic heterocycles. The molecule has 0 aliphatic carbocycles. The molecule has 0 spiro atoms. The van der Waals surface area contributed by atoms with Crippen molar-refractivity contribution in [2.24, 2.45) is 5.16 Å². The van der Waals surface area contributed by atoms with Crippen LogP contribution >= 0.6 is 22.9 Å². The summed E-state index contributed by atoms with van der Waals surface area (Å²) in [6, 6.07) is 1.87. The molecule has 1 rings (SSSR count). The molecule has 2 nitrogen and oxygen atoms in total. The van der Waals surface area contributed by atoms with E-state index in [9.17, 15) is 0 Å². The van der Waals surface area contributed by atoms with Crippen LogP contribution in [-0.4, -0.2) is 12.8 Å². The van der Waals surface area contributed by atoms with Crippen LogP contribution in [0.25, 0.3) is 0 Å². The van der Waals surface area contributed by atoms with Crippen LogP contribution in [-0.2, 0) is 4.84 Å². The molecule has 0 unspecified atom stereocenters. The van der Waals surface area contributed by atoms with E-state index in [1.54, 1.807) is 0 Å². The maximum absolute atomic E-state index is 5.73. The van der Waals surface area contributed by atoms with Gasteiger partial charge in [0.2, 0.25) is 0 Å². The molecule has 4 heteroatoms. The number of halogens is 1. The summed E-state index contributed by atoms with van der Waals surface area (Å²) in [4.78, 5) is 4.62. The normalized spacial score (nSPS) is 11.7. The summed E-state index contributed by atoms with van der Waals surface area (Å²) in [5.41, 5.74) is 1.86. The van der Waals surface area contributed by atoms with Crippen LogP contribution in [0.4, 0.5) is 0 Å². The third-order valence-electron chi connectivity index (χ3n) is 1.21. The van der Waals surface area contributed by atoms with Gasteiger partial charge in [-0.25, -0.2) is 0 Å². The Balaban J connectivity index is 2.84. The predicted octanol–water partition coefficient (Wildman–Crippen LogP) is 2.77. The SMILES string of the molecule is CO/N=C(\C)c1csc(Cl)c1. The summed E-state index contributed by atoms with van der Waals surface area (Å²) in [7, 11) is 1.53. The number of oxime groups is 1. The van der Waals surface area contributed by atoms with Crippen molar-refractivity contribution in [3.63, 3.8) is 0 Å². The molecule has 1 aromatic rings. The zero-order valence-corrected chi connectivity index (χ0v) is 7.87. The first-order valence-electron chi connectivity index (χ1n) is 3.06. The lowest BCUT2D eigenvalue weighted by Gasteiger charge is -1.92. The van der Waals surface area contributed by atoms with E-state index in [1.807, 2.05) is 18.4 Å². The van der Waals surface area contributed by atoms with Crippen molar-refractivity contribution in [3.05, 3.63) is 21.3 Å². The highest BCUT2D eigenvalue weighted by atomic mass is 35.5. The van der Waals surface area contributed by atoms with Gasteiger partial charge >= 0.3 is 0 Å². The van der Waals surface area contributed by atoms with Gasteiger partial charge < -0.3 is 4.84 Å². The molecular weight excluding hydrogens is 182 g/mol. The maximum atomic E-state index is 5.73. The Kier molecular flexibility index (Phi) is 2.91. The molecule has 0 N–H and O–H groups in total. The number of hydrogen-bond acceptors (Lipinski definition) is 3. The predicted molar refractivity (Wildman–Crippen MR) is 48.5 cm³/mol. The first kappa shape index (κ1) is 8.56. The van der Waals surface area contributed by atoms with Crippen LogP contribution in [0.3, 0.4) is 0 Å². The molecule has 11 heavy (non-hydrogen) atoms. The van der Waals surface area contributed by atoms with E-state index in [2.05, 4.69) is 9.99 Å². The fourth-order valence-electron chi connectivity index (χ4n) is 0.689. The third-order valence-corrected chi connectivity index (χ3v) is 2.30. The first-order valence-corrected chi connectivity index (χ1v) is 4.32. The highest BCUT2D eigenvalue weighted by Gasteiger charge is 2.00. The fraction of sp³-hybridized carbons (Fsp3) is 0.286. The summed E-state index contributed by atoms with van der Waals surface area (Å²) >= 11 is 7.21. The van der Waals surface area contributed by atoms with Crippen LogP contribution in [0.15, 0.2) is 16.6 Å². The summed E-state index contributed by atoms with van der Waals surface area (Å²) in [5, 5.41) is 5.72. The summed E-state index contributed by atoms with van der Waals surface area (Å²) in [6.45, 7) is 1.88. The molecule has 0 fully saturated rings. The van der Waals surface area contributed by atoms with E-state index >= 15 is 0 Å². The minimum Gasteiger partial charge on any atom is -0.399 e. The average molecular weight is 190 g/mol. The van der Waals surface area contributed by atoms with Crippen LogP contribution in [0.2, 0.25) is 4.34 Å². The highest BCUT2D eigenvalue weighted by Crippen LogP contribution is 2.20. The van der Waals surface area contributed by atoms with Crippen LogP contribution in [0.5, 0.6) is 0 Å². The Hall–Kier alpha value is -0.540. The molecule has 0 aromatic carbocycles. The molecule has 0 saturated heterocycles. The van der Waals surface area contributed by atoms with Gasteiger partial charge in [0.25, 0.3) is 0 Å². The Labute approximate surface area is 74.4 Å². The van der Waals surface area contributed by atoms with Crippen LogP contribution in [0, 0.1) is 0 Å². The van der Waals surface area contributed by atoms with Gasteiger partial charge in [0.05, 0.1) is 10.0 Å². The molecule has 60 valence electrons. The lowest BCUT2D eigenvalue weighted by Crippen LogP contribution is -1.91. The molecule has 0 saturated carbocycles. The molecule has 0 aliphatic heterocycles. The van der Waals surface area contributed by atoms with Gasteiger partial charge in [-0.1, -0.05) is 16.8 Å². The van der Waals surface area contributed by atoms with E-state index in [0.29, 0.717) is 0 Å². The van der Waals surface area contributed by atoms with E-state index in [-0.39, 0.29) is 0 Å². The molecule has 1 heterocycles. The quantitative estimate of drug-likeness (QED) is 0.518. The smallest absolute Gasteiger partial charge is 0.106 e. The van der Waals surface area contributed by atoms with Crippen molar-refractivity contribution in [1.82, 2.24) is 0 Å². The van der Waals surface area contributed by atoms with E-state index in [1.165, 1.54) is 18.4 Å². The van der Waals surface area contributed by atoms with Gasteiger partial charge in [-0.15, -0.1) is 11.3 Å². The molecule has 0 aliphatic rings.